The van der Waals surface area contributed by atoms with Crippen molar-refractivity contribution >= 4 is 5.91 Å². The zero-order valence-corrected chi connectivity index (χ0v) is 10.7. The molecule has 1 rings (SSSR count). The summed E-state index contributed by atoms with van der Waals surface area (Å²) >= 11 is 0. The second-order valence-corrected chi connectivity index (χ2v) is 4.87. The van der Waals surface area contributed by atoms with Crippen molar-refractivity contribution in [3.8, 4) is 0 Å². The van der Waals surface area contributed by atoms with E-state index in [1.54, 1.807) is 0 Å². The first kappa shape index (κ1) is 14.5. The first-order chi connectivity index (χ1) is 8.29. The lowest BCUT2D eigenvalue weighted by molar-refractivity contribution is -0.134. The molecular weight excluding hydrogens is 216 g/mol. The average Bonchev–Trinajstić information content (AvgIpc) is 2.59. The van der Waals surface area contributed by atoms with E-state index in [1.165, 1.54) is 6.42 Å². The molecule has 3 N–H and O–H groups in total. The molecule has 1 aliphatic rings. The van der Waals surface area contributed by atoms with Gasteiger partial charge < -0.3 is 15.7 Å². The zero-order valence-electron chi connectivity index (χ0n) is 10.7. The highest BCUT2D eigenvalue weighted by molar-refractivity contribution is 5.76. The van der Waals surface area contributed by atoms with Crippen LogP contribution in [0, 0.1) is 0 Å². The van der Waals surface area contributed by atoms with Crippen LogP contribution in [0.4, 0.5) is 0 Å². The van der Waals surface area contributed by atoms with E-state index in [2.05, 4.69) is 0 Å². The zero-order chi connectivity index (χ0) is 12.5. The molecule has 1 amide bonds. The highest BCUT2D eigenvalue weighted by Gasteiger charge is 2.23. The van der Waals surface area contributed by atoms with E-state index in [4.69, 9.17) is 5.73 Å². The molecule has 4 heteroatoms. The van der Waals surface area contributed by atoms with Crippen LogP contribution in [0.25, 0.3) is 0 Å². The molecule has 0 spiro atoms. The number of nitrogens with two attached hydrogens (primary N) is 1. The van der Waals surface area contributed by atoms with Crippen LogP contribution in [-0.2, 0) is 4.79 Å². The molecule has 1 saturated heterocycles. The van der Waals surface area contributed by atoms with Crippen molar-refractivity contribution in [2.45, 2.75) is 57.4 Å². The number of nitrogens with zero attached hydrogens (tertiary/aromatic N) is 1. The van der Waals surface area contributed by atoms with Crippen LogP contribution in [0.1, 0.15) is 51.4 Å². The number of likely N-dealkylation sites (tertiary alicyclic amines) is 1. The van der Waals surface area contributed by atoms with Gasteiger partial charge in [0.1, 0.15) is 0 Å². The summed E-state index contributed by atoms with van der Waals surface area (Å²) in [5, 5.41) is 9.33. The van der Waals surface area contributed by atoms with Crippen molar-refractivity contribution in [1.82, 2.24) is 4.90 Å². The number of hydrogen-bond donors (Lipinski definition) is 2. The normalized spacial score (nSPS) is 21.3. The third-order valence-electron chi connectivity index (χ3n) is 3.50. The van der Waals surface area contributed by atoms with Gasteiger partial charge in [-0.05, 0) is 32.2 Å². The Hall–Kier alpha value is -0.610. The van der Waals surface area contributed by atoms with Crippen LogP contribution in [0.15, 0.2) is 0 Å². The number of aliphatic hydroxyl groups is 1. The van der Waals surface area contributed by atoms with Gasteiger partial charge in [-0.3, -0.25) is 4.79 Å². The largest absolute Gasteiger partial charge is 0.394 e. The lowest BCUT2D eigenvalue weighted by atomic mass is 10.1. The van der Waals surface area contributed by atoms with E-state index in [0.717, 1.165) is 45.1 Å². The molecule has 1 aliphatic heterocycles. The summed E-state index contributed by atoms with van der Waals surface area (Å²) in [5.74, 6) is 0.211. The van der Waals surface area contributed by atoms with Gasteiger partial charge in [-0.15, -0.1) is 0 Å². The van der Waals surface area contributed by atoms with Crippen LogP contribution in [0.2, 0.25) is 0 Å². The summed E-state index contributed by atoms with van der Waals surface area (Å²) in [4.78, 5) is 14.0. The molecular formula is C13H26N2O2. The molecule has 17 heavy (non-hydrogen) atoms. The fraction of sp³-hybridized carbons (Fsp3) is 0.923. The molecule has 0 aromatic heterocycles. The van der Waals surface area contributed by atoms with Gasteiger partial charge in [0.05, 0.1) is 12.6 Å². The Morgan fingerprint density at radius 1 is 1.24 bits per heavy atom. The summed E-state index contributed by atoms with van der Waals surface area (Å²) in [6.07, 6.45) is 7.88. The van der Waals surface area contributed by atoms with Crippen molar-refractivity contribution < 1.29 is 9.90 Å². The van der Waals surface area contributed by atoms with Crippen LogP contribution < -0.4 is 5.73 Å². The Morgan fingerprint density at radius 2 is 2.06 bits per heavy atom. The van der Waals surface area contributed by atoms with Crippen LogP contribution in [-0.4, -0.2) is 41.7 Å². The second-order valence-electron chi connectivity index (χ2n) is 4.87. The lowest BCUT2D eigenvalue weighted by Gasteiger charge is -2.28. The third kappa shape index (κ3) is 5.04. The lowest BCUT2D eigenvalue weighted by Crippen LogP contribution is -2.42. The Morgan fingerprint density at radius 3 is 2.76 bits per heavy atom. The Bertz CT molecular complexity index is 221. The van der Waals surface area contributed by atoms with Gasteiger partial charge in [0.15, 0.2) is 0 Å². The molecule has 0 aromatic carbocycles. The molecule has 0 aliphatic carbocycles. The predicted octanol–water partition coefficient (Wildman–Crippen LogP) is 1.27. The summed E-state index contributed by atoms with van der Waals surface area (Å²) < 4.78 is 0. The fourth-order valence-electron chi connectivity index (χ4n) is 2.44. The number of carbonyl (C=O) groups is 1. The standard InChI is InChI=1S/C13H26N2O2/c14-9-5-1-4-8-13(17)15-10-6-2-3-7-12(15)11-16/h12,16H,1-11,14H2. The Kier molecular flexibility index (Phi) is 7.21. The fourth-order valence-corrected chi connectivity index (χ4v) is 2.44. The number of aliphatic hydroxyl groups excluding tert-OH is 1. The van der Waals surface area contributed by atoms with Gasteiger partial charge in [-0.2, -0.15) is 0 Å². The van der Waals surface area contributed by atoms with E-state index < -0.39 is 0 Å². The van der Waals surface area contributed by atoms with Crippen molar-refractivity contribution in [2.24, 2.45) is 5.73 Å². The monoisotopic (exact) mass is 242 g/mol. The molecule has 1 atom stereocenters. The highest BCUT2D eigenvalue weighted by Crippen LogP contribution is 2.18. The number of hydrogen-bond acceptors (Lipinski definition) is 3. The maximum atomic E-state index is 12.1. The van der Waals surface area contributed by atoms with Crippen molar-refractivity contribution in [1.29, 1.82) is 0 Å². The maximum absolute atomic E-state index is 12.1. The molecule has 0 radical (unpaired) electrons. The smallest absolute Gasteiger partial charge is 0.222 e. The van der Waals surface area contributed by atoms with E-state index in [0.29, 0.717) is 13.0 Å². The SMILES string of the molecule is NCCCCCC(=O)N1CCCCCC1CO. The minimum absolute atomic E-state index is 0.0551. The number of unbranched alkanes of at least 4 members (excludes halogenated alkanes) is 2. The van der Waals surface area contributed by atoms with E-state index in [-0.39, 0.29) is 18.6 Å². The van der Waals surface area contributed by atoms with Crippen molar-refractivity contribution in [3.05, 3.63) is 0 Å². The summed E-state index contributed by atoms with van der Waals surface area (Å²) in [5.41, 5.74) is 5.42. The van der Waals surface area contributed by atoms with E-state index in [1.807, 2.05) is 4.90 Å². The maximum Gasteiger partial charge on any atom is 0.222 e. The minimum Gasteiger partial charge on any atom is -0.394 e. The van der Waals surface area contributed by atoms with Crippen molar-refractivity contribution in [2.75, 3.05) is 19.7 Å². The van der Waals surface area contributed by atoms with Crippen molar-refractivity contribution in [3.63, 3.8) is 0 Å². The van der Waals surface area contributed by atoms with Crippen LogP contribution in [0.5, 0.6) is 0 Å². The van der Waals surface area contributed by atoms with Crippen LogP contribution >= 0.6 is 0 Å². The van der Waals surface area contributed by atoms with Gasteiger partial charge in [-0.1, -0.05) is 19.3 Å². The number of carbonyl (C=O) groups excluding carboxylic acids is 1. The van der Waals surface area contributed by atoms with Gasteiger partial charge in [0.25, 0.3) is 0 Å². The van der Waals surface area contributed by atoms with Crippen LogP contribution in [0.3, 0.4) is 0 Å². The molecule has 4 nitrogen and oxygen atoms in total. The van der Waals surface area contributed by atoms with Gasteiger partial charge >= 0.3 is 0 Å². The average molecular weight is 242 g/mol. The number of rotatable bonds is 6. The predicted molar refractivity (Wildman–Crippen MR) is 68.6 cm³/mol. The summed E-state index contributed by atoms with van der Waals surface area (Å²) in [6.45, 7) is 1.63. The van der Waals surface area contributed by atoms with E-state index in [9.17, 15) is 9.90 Å². The first-order valence-electron chi connectivity index (χ1n) is 6.90. The highest BCUT2D eigenvalue weighted by atomic mass is 16.3. The molecule has 0 aromatic rings. The summed E-state index contributed by atoms with van der Waals surface area (Å²) in [7, 11) is 0. The topological polar surface area (TPSA) is 66.6 Å². The van der Waals surface area contributed by atoms with Gasteiger partial charge in [0, 0.05) is 13.0 Å². The molecule has 1 fully saturated rings. The van der Waals surface area contributed by atoms with Gasteiger partial charge in [0.2, 0.25) is 5.91 Å². The quantitative estimate of drug-likeness (QED) is 0.689. The Balaban J connectivity index is 2.35. The number of amides is 1. The third-order valence-corrected chi connectivity index (χ3v) is 3.50. The molecule has 1 heterocycles. The molecule has 0 bridgehead atoms. The van der Waals surface area contributed by atoms with E-state index >= 15 is 0 Å². The molecule has 0 saturated carbocycles. The van der Waals surface area contributed by atoms with Gasteiger partial charge in [-0.25, -0.2) is 0 Å². The molecule has 100 valence electrons. The first-order valence-corrected chi connectivity index (χ1v) is 6.90. The molecule has 1 unspecified atom stereocenters. The minimum atomic E-state index is 0.0551. The Labute approximate surface area is 104 Å². The summed E-state index contributed by atoms with van der Waals surface area (Å²) in [6, 6.07) is 0.0551. The second kappa shape index (κ2) is 8.48.